The maximum Gasteiger partial charge on any atom is 0.324 e. The molecule has 0 aromatic heterocycles. The van der Waals surface area contributed by atoms with E-state index in [1.807, 2.05) is 12.1 Å². The number of carbonyl (C=O) groups excluding carboxylic acids is 3. The first kappa shape index (κ1) is 23.4. The number of allylic oxidation sites excluding steroid dienone is 1. The Morgan fingerprint density at radius 2 is 1.50 bits per heavy atom. The number of urea groups is 2. The SMILES string of the molecule is COc1ccc(NC(=O)Nc2ccc(C3C4=C(CC(C)(C)CC4=O)N(C)C(=O)N3C)cc2)cc1. The smallest absolute Gasteiger partial charge is 0.324 e. The van der Waals surface area contributed by atoms with Gasteiger partial charge in [0.2, 0.25) is 0 Å². The summed E-state index contributed by atoms with van der Waals surface area (Å²) in [5, 5.41) is 5.57. The lowest BCUT2D eigenvalue weighted by molar-refractivity contribution is -0.119. The molecule has 4 rings (SSSR count). The van der Waals surface area contributed by atoms with Gasteiger partial charge in [0, 0.05) is 43.2 Å². The molecule has 0 spiro atoms. The molecule has 1 aliphatic carbocycles. The second-order valence-electron chi connectivity index (χ2n) is 9.59. The Labute approximate surface area is 199 Å². The highest BCUT2D eigenvalue weighted by Gasteiger charge is 2.45. The van der Waals surface area contributed by atoms with Crippen LogP contribution in [-0.2, 0) is 4.79 Å². The third kappa shape index (κ3) is 4.48. The zero-order valence-electron chi connectivity index (χ0n) is 20.1. The summed E-state index contributed by atoms with van der Waals surface area (Å²) in [6.45, 7) is 4.11. The van der Waals surface area contributed by atoms with E-state index in [1.54, 1.807) is 67.4 Å². The number of hydrogen-bond acceptors (Lipinski definition) is 4. The third-order valence-electron chi connectivity index (χ3n) is 6.38. The second kappa shape index (κ2) is 8.85. The number of Topliss-reactive ketones (excluding diaryl/α,β-unsaturated/α-hetero) is 1. The van der Waals surface area contributed by atoms with E-state index in [4.69, 9.17) is 4.74 Å². The van der Waals surface area contributed by atoms with Crippen LogP contribution in [0.1, 0.15) is 38.3 Å². The molecule has 0 bridgehead atoms. The van der Waals surface area contributed by atoms with Crippen LogP contribution in [0.15, 0.2) is 59.8 Å². The number of benzene rings is 2. The molecule has 8 heteroatoms. The molecule has 1 unspecified atom stereocenters. The summed E-state index contributed by atoms with van der Waals surface area (Å²) in [4.78, 5) is 41.7. The Morgan fingerprint density at radius 1 is 0.941 bits per heavy atom. The zero-order valence-corrected chi connectivity index (χ0v) is 20.1. The number of carbonyl (C=O) groups is 3. The van der Waals surface area contributed by atoms with Crippen molar-refractivity contribution in [1.29, 1.82) is 0 Å². The van der Waals surface area contributed by atoms with E-state index >= 15 is 0 Å². The number of rotatable bonds is 4. The number of nitrogens with zero attached hydrogens (tertiary/aromatic N) is 2. The molecule has 2 aromatic rings. The Hall–Kier alpha value is -3.81. The van der Waals surface area contributed by atoms with Gasteiger partial charge in [-0.3, -0.25) is 4.79 Å². The van der Waals surface area contributed by atoms with E-state index in [9.17, 15) is 14.4 Å². The van der Waals surface area contributed by atoms with E-state index in [2.05, 4.69) is 24.5 Å². The lowest BCUT2D eigenvalue weighted by atomic mass is 9.72. The molecule has 4 amide bonds. The first-order valence-corrected chi connectivity index (χ1v) is 11.2. The van der Waals surface area contributed by atoms with Gasteiger partial charge >= 0.3 is 12.1 Å². The number of methoxy groups -OCH3 is 1. The summed E-state index contributed by atoms with van der Waals surface area (Å²) in [6.07, 6.45) is 1.12. The van der Waals surface area contributed by atoms with E-state index in [0.717, 1.165) is 11.3 Å². The molecule has 2 aliphatic rings. The first-order valence-electron chi connectivity index (χ1n) is 11.2. The van der Waals surface area contributed by atoms with Gasteiger partial charge in [0.05, 0.1) is 13.2 Å². The number of ketones is 1. The van der Waals surface area contributed by atoms with Crippen molar-refractivity contribution in [3.63, 3.8) is 0 Å². The fraction of sp³-hybridized carbons (Fsp3) is 0.346. The van der Waals surface area contributed by atoms with Gasteiger partial charge in [-0.15, -0.1) is 0 Å². The van der Waals surface area contributed by atoms with Crippen molar-refractivity contribution >= 4 is 29.2 Å². The van der Waals surface area contributed by atoms with Gasteiger partial charge in [0.1, 0.15) is 5.75 Å². The van der Waals surface area contributed by atoms with Crippen molar-refractivity contribution in [2.75, 3.05) is 31.8 Å². The van der Waals surface area contributed by atoms with Crippen molar-refractivity contribution in [3.8, 4) is 5.75 Å². The summed E-state index contributed by atoms with van der Waals surface area (Å²) >= 11 is 0. The topological polar surface area (TPSA) is 91.0 Å². The van der Waals surface area contributed by atoms with Gasteiger partial charge in [-0.05, 0) is 53.8 Å². The van der Waals surface area contributed by atoms with Gasteiger partial charge < -0.3 is 25.2 Å². The number of nitrogens with one attached hydrogen (secondary N) is 2. The summed E-state index contributed by atoms with van der Waals surface area (Å²) < 4.78 is 5.12. The van der Waals surface area contributed by atoms with E-state index < -0.39 is 6.04 Å². The quantitative estimate of drug-likeness (QED) is 0.667. The summed E-state index contributed by atoms with van der Waals surface area (Å²) in [6, 6.07) is 13.3. The van der Waals surface area contributed by atoms with E-state index in [1.165, 1.54) is 0 Å². The van der Waals surface area contributed by atoms with Crippen molar-refractivity contribution in [3.05, 3.63) is 65.4 Å². The molecule has 0 radical (unpaired) electrons. The van der Waals surface area contributed by atoms with Gasteiger partial charge in [0.15, 0.2) is 5.78 Å². The lowest BCUT2D eigenvalue weighted by Gasteiger charge is -2.45. The van der Waals surface area contributed by atoms with Crippen molar-refractivity contribution in [2.24, 2.45) is 5.41 Å². The minimum atomic E-state index is -0.454. The van der Waals surface area contributed by atoms with Crippen LogP contribution in [-0.4, -0.2) is 48.9 Å². The van der Waals surface area contributed by atoms with Gasteiger partial charge in [-0.25, -0.2) is 9.59 Å². The van der Waals surface area contributed by atoms with Crippen LogP contribution in [0, 0.1) is 5.41 Å². The summed E-state index contributed by atoms with van der Waals surface area (Å²) in [5.74, 6) is 0.778. The van der Waals surface area contributed by atoms with Crippen molar-refractivity contribution in [1.82, 2.24) is 9.80 Å². The van der Waals surface area contributed by atoms with E-state index in [0.29, 0.717) is 35.5 Å². The second-order valence-corrected chi connectivity index (χ2v) is 9.59. The molecule has 8 nitrogen and oxygen atoms in total. The summed E-state index contributed by atoms with van der Waals surface area (Å²) in [7, 11) is 5.03. The number of hydrogen-bond donors (Lipinski definition) is 2. The zero-order chi connectivity index (χ0) is 24.6. The number of likely N-dealkylation sites (N-methyl/N-ethyl adjacent to an activating group) is 1. The maximum absolute atomic E-state index is 13.2. The van der Waals surface area contributed by atoms with Crippen LogP contribution in [0.25, 0.3) is 0 Å². The normalized spacial score (nSPS) is 19.6. The van der Waals surface area contributed by atoms with Crippen molar-refractivity contribution in [2.45, 2.75) is 32.7 Å². The Kier molecular flexibility index (Phi) is 6.08. The molecule has 0 saturated heterocycles. The number of ether oxygens (including phenoxy) is 1. The predicted octanol–water partition coefficient (Wildman–Crippen LogP) is 5.02. The first-order chi connectivity index (χ1) is 16.1. The fourth-order valence-corrected chi connectivity index (χ4v) is 4.67. The minimum Gasteiger partial charge on any atom is -0.497 e. The highest BCUT2D eigenvalue weighted by molar-refractivity contribution is 6.02. The molecule has 2 aromatic carbocycles. The number of anilines is 2. The van der Waals surface area contributed by atoms with Crippen LogP contribution in [0.5, 0.6) is 5.75 Å². The monoisotopic (exact) mass is 462 g/mol. The molecular formula is C26H30N4O4. The standard InChI is InChI=1S/C26H30N4O4/c1-26(2)14-20-22(21(31)15-26)23(30(4)25(33)29(20)3)16-6-8-17(9-7-16)27-24(32)28-18-10-12-19(34-5)13-11-18/h6-13,23H,14-15H2,1-5H3,(H2,27,28,32). The van der Waals surface area contributed by atoms with Crippen LogP contribution in [0.4, 0.5) is 21.0 Å². The Bertz CT molecular complexity index is 1150. The molecule has 34 heavy (non-hydrogen) atoms. The molecular weight excluding hydrogens is 432 g/mol. The molecule has 2 N–H and O–H groups in total. The lowest BCUT2D eigenvalue weighted by Crippen LogP contribution is -2.50. The van der Waals surface area contributed by atoms with Gasteiger partial charge in [0.25, 0.3) is 0 Å². The van der Waals surface area contributed by atoms with Gasteiger partial charge in [-0.2, -0.15) is 0 Å². The average molecular weight is 463 g/mol. The molecule has 1 atom stereocenters. The molecule has 178 valence electrons. The maximum atomic E-state index is 13.2. The molecule has 1 aliphatic heterocycles. The van der Waals surface area contributed by atoms with Crippen molar-refractivity contribution < 1.29 is 19.1 Å². The molecule has 1 heterocycles. The van der Waals surface area contributed by atoms with Crippen LogP contribution >= 0.6 is 0 Å². The largest absolute Gasteiger partial charge is 0.497 e. The van der Waals surface area contributed by atoms with Crippen LogP contribution in [0.3, 0.4) is 0 Å². The van der Waals surface area contributed by atoms with Crippen LogP contribution < -0.4 is 15.4 Å². The molecule has 0 fully saturated rings. The predicted molar refractivity (Wildman–Crippen MR) is 131 cm³/mol. The summed E-state index contributed by atoms with van der Waals surface area (Å²) in [5.41, 5.74) is 3.36. The molecule has 0 saturated carbocycles. The van der Waals surface area contributed by atoms with E-state index in [-0.39, 0.29) is 23.3 Å². The van der Waals surface area contributed by atoms with Gasteiger partial charge in [-0.1, -0.05) is 26.0 Å². The highest BCUT2D eigenvalue weighted by Crippen LogP contribution is 2.46. The fourth-order valence-electron chi connectivity index (χ4n) is 4.67. The Morgan fingerprint density at radius 3 is 2.06 bits per heavy atom. The average Bonchev–Trinajstić information content (AvgIpc) is 2.79. The van der Waals surface area contributed by atoms with Crippen LogP contribution in [0.2, 0.25) is 0 Å². The highest BCUT2D eigenvalue weighted by atomic mass is 16.5. The minimum absolute atomic E-state index is 0.0727. The Balaban J connectivity index is 1.54. The third-order valence-corrected chi connectivity index (χ3v) is 6.38. The number of amides is 4.